The van der Waals surface area contributed by atoms with E-state index in [2.05, 4.69) is 15.9 Å². The van der Waals surface area contributed by atoms with Crippen LogP contribution in [-0.4, -0.2) is 11.9 Å². The first-order valence-electron chi connectivity index (χ1n) is 4.37. The lowest BCUT2D eigenvalue weighted by Crippen LogP contribution is -2.29. The smallest absolute Gasteiger partial charge is 0.162 e. The first kappa shape index (κ1) is 11.2. The summed E-state index contributed by atoms with van der Waals surface area (Å²) in [7, 11) is 0. The summed E-state index contributed by atoms with van der Waals surface area (Å²) in [6.45, 7) is 3.47. The van der Waals surface area contributed by atoms with E-state index in [1.807, 2.05) is 24.3 Å². The van der Waals surface area contributed by atoms with Gasteiger partial charge in [-0.15, -0.1) is 0 Å². The Labute approximate surface area is 92.4 Å². The van der Waals surface area contributed by atoms with E-state index in [0.29, 0.717) is 5.75 Å². The fourth-order valence-electron chi connectivity index (χ4n) is 0.974. The Hall–Kier alpha value is -0.830. The normalized spacial score (nSPS) is 11.1. The summed E-state index contributed by atoms with van der Waals surface area (Å²) in [6, 6.07) is 7.65. The second-order valence-corrected chi connectivity index (χ2v) is 4.16. The lowest BCUT2D eigenvalue weighted by molar-refractivity contribution is -0.118. The number of hydrogen-bond acceptors (Lipinski definition) is 2. The summed E-state index contributed by atoms with van der Waals surface area (Å²) >= 11 is 3.36. The number of alkyl halides is 1. The van der Waals surface area contributed by atoms with Crippen LogP contribution in [0, 0.1) is 0 Å². The van der Waals surface area contributed by atoms with E-state index in [-0.39, 0.29) is 0 Å². The van der Waals surface area contributed by atoms with Gasteiger partial charge < -0.3 is 4.74 Å². The van der Waals surface area contributed by atoms with Gasteiger partial charge in [-0.05, 0) is 31.5 Å². The molecule has 0 aliphatic heterocycles. The lowest BCUT2D eigenvalue weighted by Gasteiger charge is -2.19. The maximum absolute atomic E-state index is 10.6. The lowest BCUT2D eigenvalue weighted by atomic mass is 10.1. The van der Waals surface area contributed by atoms with E-state index in [1.165, 1.54) is 5.56 Å². The summed E-state index contributed by atoms with van der Waals surface area (Å²) in [6.07, 6.45) is 0.797. The van der Waals surface area contributed by atoms with Gasteiger partial charge in [-0.25, -0.2) is 0 Å². The third-order valence-electron chi connectivity index (χ3n) is 1.74. The number of ether oxygens (including phenoxy) is 1. The van der Waals surface area contributed by atoms with Crippen LogP contribution in [0.4, 0.5) is 0 Å². The zero-order valence-corrected chi connectivity index (χ0v) is 9.87. The zero-order chi connectivity index (χ0) is 10.6. The molecule has 0 heterocycles. The van der Waals surface area contributed by atoms with Crippen LogP contribution in [0.5, 0.6) is 5.75 Å². The largest absolute Gasteiger partial charge is 0.480 e. The molecule has 14 heavy (non-hydrogen) atoms. The van der Waals surface area contributed by atoms with Gasteiger partial charge in [-0.2, -0.15) is 0 Å². The number of carbonyl (C=O) groups excluding carboxylic acids is 1. The third kappa shape index (κ3) is 3.14. The van der Waals surface area contributed by atoms with Gasteiger partial charge >= 0.3 is 0 Å². The molecular weight excluding hydrogens is 244 g/mol. The van der Waals surface area contributed by atoms with E-state index < -0.39 is 5.60 Å². The van der Waals surface area contributed by atoms with Gasteiger partial charge in [0.1, 0.15) is 5.75 Å². The van der Waals surface area contributed by atoms with E-state index in [4.69, 9.17) is 4.74 Å². The summed E-state index contributed by atoms with van der Waals surface area (Å²) in [5.74, 6) is 0.715. The van der Waals surface area contributed by atoms with Crippen LogP contribution in [0.3, 0.4) is 0 Å². The van der Waals surface area contributed by atoms with Gasteiger partial charge in [0, 0.05) is 5.33 Å². The fourth-order valence-corrected chi connectivity index (χ4v) is 1.35. The van der Waals surface area contributed by atoms with E-state index in [9.17, 15) is 4.79 Å². The van der Waals surface area contributed by atoms with Crippen LogP contribution in [0.2, 0.25) is 0 Å². The minimum Gasteiger partial charge on any atom is -0.480 e. The Balaban J connectivity index is 2.73. The highest BCUT2D eigenvalue weighted by Gasteiger charge is 2.17. The molecule has 1 aromatic carbocycles. The van der Waals surface area contributed by atoms with Crippen molar-refractivity contribution < 1.29 is 9.53 Å². The van der Waals surface area contributed by atoms with Crippen molar-refractivity contribution in [1.29, 1.82) is 0 Å². The summed E-state index contributed by atoms with van der Waals surface area (Å²) in [5.41, 5.74) is 0.428. The van der Waals surface area contributed by atoms with Crippen molar-refractivity contribution in [2.45, 2.75) is 24.8 Å². The Kier molecular flexibility index (Phi) is 3.69. The second-order valence-electron chi connectivity index (χ2n) is 3.60. The Morgan fingerprint density at radius 2 is 1.93 bits per heavy atom. The van der Waals surface area contributed by atoms with Crippen LogP contribution in [0.15, 0.2) is 24.3 Å². The quantitative estimate of drug-likeness (QED) is 0.612. The number of benzene rings is 1. The van der Waals surface area contributed by atoms with Gasteiger partial charge in [-0.3, -0.25) is 4.79 Å². The van der Waals surface area contributed by atoms with Crippen LogP contribution in [0.25, 0.3) is 0 Å². The van der Waals surface area contributed by atoms with Gasteiger partial charge in [0.2, 0.25) is 0 Å². The van der Waals surface area contributed by atoms with Gasteiger partial charge in [0.25, 0.3) is 0 Å². The molecule has 0 aliphatic carbocycles. The second kappa shape index (κ2) is 4.60. The summed E-state index contributed by atoms with van der Waals surface area (Å²) in [4.78, 5) is 10.6. The monoisotopic (exact) mass is 256 g/mol. The molecule has 0 saturated heterocycles. The van der Waals surface area contributed by atoms with E-state index in [1.54, 1.807) is 13.8 Å². The van der Waals surface area contributed by atoms with Crippen molar-refractivity contribution in [3.8, 4) is 5.75 Å². The van der Waals surface area contributed by atoms with Gasteiger partial charge in [0.15, 0.2) is 11.9 Å². The zero-order valence-electron chi connectivity index (χ0n) is 8.29. The van der Waals surface area contributed by atoms with Crippen LogP contribution in [-0.2, 0) is 10.1 Å². The highest BCUT2D eigenvalue weighted by atomic mass is 79.9. The number of hydrogen-bond donors (Lipinski definition) is 0. The fraction of sp³-hybridized carbons (Fsp3) is 0.364. The number of carbonyl (C=O) groups is 1. The predicted molar refractivity (Wildman–Crippen MR) is 59.8 cm³/mol. The highest BCUT2D eigenvalue weighted by Crippen LogP contribution is 2.18. The molecule has 76 valence electrons. The van der Waals surface area contributed by atoms with Gasteiger partial charge in [0.05, 0.1) is 0 Å². The van der Waals surface area contributed by atoms with Gasteiger partial charge in [-0.1, -0.05) is 28.1 Å². The summed E-state index contributed by atoms with van der Waals surface area (Å²) in [5, 5.41) is 0.824. The maximum atomic E-state index is 10.6. The van der Waals surface area contributed by atoms with Crippen LogP contribution in [0.1, 0.15) is 19.4 Å². The first-order valence-corrected chi connectivity index (χ1v) is 5.50. The molecule has 3 heteroatoms. The molecule has 0 unspecified atom stereocenters. The van der Waals surface area contributed by atoms with E-state index in [0.717, 1.165) is 11.6 Å². The topological polar surface area (TPSA) is 26.3 Å². The molecule has 0 aliphatic rings. The van der Waals surface area contributed by atoms with Crippen molar-refractivity contribution >= 4 is 22.2 Å². The molecular formula is C11H13BrO2. The molecule has 0 radical (unpaired) electrons. The Morgan fingerprint density at radius 1 is 1.36 bits per heavy atom. The predicted octanol–water partition coefficient (Wildman–Crippen LogP) is 2.94. The molecule has 0 bridgehead atoms. The number of aldehydes is 1. The minimum atomic E-state index is -0.754. The molecule has 0 amide bonds. The Bertz CT molecular complexity index is 304. The van der Waals surface area contributed by atoms with Crippen molar-refractivity contribution in [3.63, 3.8) is 0 Å². The molecule has 0 spiro atoms. The van der Waals surface area contributed by atoms with Crippen molar-refractivity contribution in [2.24, 2.45) is 0 Å². The Morgan fingerprint density at radius 3 is 2.36 bits per heavy atom. The van der Waals surface area contributed by atoms with Crippen molar-refractivity contribution in [1.82, 2.24) is 0 Å². The molecule has 1 rings (SSSR count). The molecule has 0 N–H and O–H groups in total. The first-order chi connectivity index (χ1) is 6.57. The van der Waals surface area contributed by atoms with Crippen LogP contribution >= 0.6 is 15.9 Å². The summed E-state index contributed by atoms with van der Waals surface area (Å²) < 4.78 is 5.47. The molecule has 0 saturated carbocycles. The average Bonchev–Trinajstić information content (AvgIpc) is 2.19. The maximum Gasteiger partial charge on any atom is 0.162 e. The average molecular weight is 257 g/mol. The molecule has 1 aromatic rings. The standard InChI is InChI=1S/C11H13BrO2/c1-11(2,8-13)14-10-5-3-9(7-12)4-6-10/h3-6,8H,7H2,1-2H3. The SMILES string of the molecule is CC(C)(C=O)Oc1ccc(CBr)cc1. The molecule has 0 atom stereocenters. The molecule has 2 nitrogen and oxygen atoms in total. The third-order valence-corrected chi connectivity index (χ3v) is 2.39. The van der Waals surface area contributed by atoms with Crippen LogP contribution < -0.4 is 4.74 Å². The highest BCUT2D eigenvalue weighted by molar-refractivity contribution is 9.08. The minimum absolute atomic E-state index is 0.715. The van der Waals surface area contributed by atoms with Crippen molar-refractivity contribution in [3.05, 3.63) is 29.8 Å². The molecule has 0 fully saturated rings. The molecule has 0 aromatic heterocycles. The van der Waals surface area contributed by atoms with Crippen molar-refractivity contribution in [2.75, 3.05) is 0 Å². The van der Waals surface area contributed by atoms with E-state index >= 15 is 0 Å². The number of halogens is 1. The number of rotatable bonds is 4.